The molecule has 2 rings (SSSR count). The molecule has 0 fully saturated rings. The Bertz CT molecular complexity index is 474. The fourth-order valence-corrected chi connectivity index (χ4v) is 1.74. The Kier molecular flexibility index (Phi) is 2.64. The molecule has 0 saturated carbocycles. The standard InChI is InChI=1S/C12H15NO2/c1-3-15-8-10-6-9-7-11(14)4-5-12(9)13(10)2/h4-7,14H,3,8H2,1-2H3. The number of aromatic nitrogens is 1. The molecule has 0 bridgehead atoms. The lowest BCUT2D eigenvalue weighted by molar-refractivity contribution is 0.129. The Morgan fingerprint density at radius 1 is 1.33 bits per heavy atom. The van der Waals surface area contributed by atoms with Crippen molar-refractivity contribution >= 4 is 10.9 Å². The van der Waals surface area contributed by atoms with E-state index >= 15 is 0 Å². The summed E-state index contributed by atoms with van der Waals surface area (Å²) < 4.78 is 7.46. The van der Waals surface area contributed by atoms with Crippen LogP contribution in [-0.4, -0.2) is 16.3 Å². The van der Waals surface area contributed by atoms with E-state index in [1.54, 1.807) is 12.1 Å². The quantitative estimate of drug-likeness (QED) is 0.835. The summed E-state index contributed by atoms with van der Waals surface area (Å²) in [6.45, 7) is 3.31. The van der Waals surface area contributed by atoms with Crippen LogP contribution in [0.2, 0.25) is 0 Å². The smallest absolute Gasteiger partial charge is 0.116 e. The van der Waals surface area contributed by atoms with Gasteiger partial charge >= 0.3 is 0 Å². The summed E-state index contributed by atoms with van der Waals surface area (Å²) in [5.74, 6) is 0.302. The zero-order valence-corrected chi connectivity index (χ0v) is 9.03. The van der Waals surface area contributed by atoms with Crippen molar-refractivity contribution in [2.45, 2.75) is 13.5 Å². The Labute approximate surface area is 88.9 Å². The van der Waals surface area contributed by atoms with Crippen molar-refractivity contribution < 1.29 is 9.84 Å². The van der Waals surface area contributed by atoms with Gasteiger partial charge in [0.15, 0.2) is 0 Å². The second kappa shape index (κ2) is 3.95. The maximum absolute atomic E-state index is 9.37. The van der Waals surface area contributed by atoms with Crippen LogP contribution < -0.4 is 0 Å². The molecule has 0 spiro atoms. The van der Waals surface area contributed by atoms with Crippen molar-refractivity contribution in [1.29, 1.82) is 0 Å². The third-order valence-corrected chi connectivity index (χ3v) is 2.58. The molecular formula is C12H15NO2. The normalized spacial score (nSPS) is 11.1. The van der Waals surface area contributed by atoms with E-state index in [0.29, 0.717) is 19.0 Å². The highest BCUT2D eigenvalue weighted by molar-refractivity contribution is 5.82. The van der Waals surface area contributed by atoms with Crippen LogP contribution >= 0.6 is 0 Å². The second-order valence-electron chi connectivity index (χ2n) is 3.57. The Hall–Kier alpha value is -1.48. The first-order valence-electron chi connectivity index (χ1n) is 5.07. The minimum absolute atomic E-state index is 0.302. The predicted molar refractivity (Wildman–Crippen MR) is 59.9 cm³/mol. The minimum Gasteiger partial charge on any atom is -0.508 e. The molecule has 15 heavy (non-hydrogen) atoms. The minimum atomic E-state index is 0.302. The van der Waals surface area contributed by atoms with E-state index in [4.69, 9.17) is 4.74 Å². The van der Waals surface area contributed by atoms with Crippen molar-refractivity contribution in [2.75, 3.05) is 6.61 Å². The fraction of sp³-hybridized carbons (Fsp3) is 0.333. The first-order chi connectivity index (χ1) is 7.22. The molecule has 0 radical (unpaired) electrons. The summed E-state index contributed by atoms with van der Waals surface area (Å²) in [5, 5.41) is 10.4. The van der Waals surface area contributed by atoms with Crippen molar-refractivity contribution in [3.63, 3.8) is 0 Å². The molecule has 80 valence electrons. The number of aromatic hydroxyl groups is 1. The van der Waals surface area contributed by atoms with Crippen LogP contribution in [0.5, 0.6) is 5.75 Å². The zero-order chi connectivity index (χ0) is 10.8. The summed E-state index contributed by atoms with van der Waals surface area (Å²) in [6, 6.07) is 7.43. The zero-order valence-electron chi connectivity index (χ0n) is 9.03. The molecule has 0 aliphatic carbocycles. The first kappa shape index (κ1) is 10.1. The summed E-state index contributed by atoms with van der Waals surface area (Å²) >= 11 is 0. The van der Waals surface area contributed by atoms with Gasteiger partial charge in [-0.25, -0.2) is 0 Å². The number of hydrogen-bond acceptors (Lipinski definition) is 2. The van der Waals surface area contributed by atoms with Crippen molar-refractivity contribution in [3.8, 4) is 5.75 Å². The molecule has 0 amide bonds. The number of benzene rings is 1. The number of fused-ring (bicyclic) bond motifs is 1. The highest BCUT2D eigenvalue weighted by Gasteiger charge is 2.05. The van der Waals surface area contributed by atoms with Gasteiger partial charge in [0.2, 0.25) is 0 Å². The Balaban J connectivity index is 2.44. The van der Waals surface area contributed by atoms with Gasteiger partial charge in [-0.15, -0.1) is 0 Å². The molecule has 0 aliphatic heterocycles. The highest BCUT2D eigenvalue weighted by Crippen LogP contribution is 2.23. The van der Waals surface area contributed by atoms with Crippen LogP contribution in [0.15, 0.2) is 24.3 Å². The maximum atomic E-state index is 9.37. The van der Waals surface area contributed by atoms with Gasteiger partial charge < -0.3 is 14.4 Å². The van der Waals surface area contributed by atoms with Gasteiger partial charge in [0.1, 0.15) is 5.75 Å². The van der Waals surface area contributed by atoms with Crippen LogP contribution in [-0.2, 0) is 18.4 Å². The fourth-order valence-electron chi connectivity index (χ4n) is 1.74. The number of phenols is 1. The van der Waals surface area contributed by atoms with Gasteiger partial charge in [0.05, 0.1) is 6.61 Å². The number of phenolic OH excluding ortho intramolecular Hbond substituents is 1. The summed E-state index contributed by atoms with van der Waals surface area (Å²) in [4.78, 5) is 0. The van der Waals surface area contributed by atoms with Crippen LogP contribution in [0, 0.1) is 0 Å². The lowest BCUT2D eigenvalue weighted by atomic mass is 10.2. The average Bonchev–Trinajstić information content (AvgIpc) is 2.52. The molecule has 3 nitrogen and oxygen atoms in total. The van der Waals surface area contributed by atoms with Crippen LogP contribution in [0.3, 0.4) is 0 Å². The van der Waals surface area contributed by atoms with Crippen LogP contribution in [0.25, 0.3) is 10.9 Å². The molecule has 0 saturated heterocycles. The highest BCUT2D eigenvalue weighted by atomic mass is 16.5. The number of nitrogens with zero attached hydrogens (tertiary/aromatic N) is 1. The van der Waals surface area contributed by atoms with E-state index in [-0.39, 0.29) is 0 Å². The van der Waals surface area contributed by atoms with E-state index < -0.39 is 0 Å². The predicted octanol–water partition coefficient (Wildman–Crippen LogP) is 2.42. The third-order valence-electron chi connectivity index (χ3n) is 2.58. The molecule has 1 aromatic heterocycles. The monoisotopic (exact) mass is 205 g/mol. The largest absolute Gasteiger partial charge is 0.508 e. The summed E-state index contributed by atoms with van der Waals surface area (Å²) in [5.41, 5.74) is 2.24. The van der Waals surface area contributed by atoms with Gasteiger partial charge in [0, 0.05) is 30.3 Å². The molecule has 0 unspecified atom stereocenters. The second-order valence-corrected chi connectivity index (χ2v) is 3.57. The van der Waals surface area contributed by atoms with Gasteiger partial charge in [-0.2, -0.15) is 0 Å². The van der Waals surface area contributed by atoms with Gasteiger partial charge in [-0.1, -0.05) is 0 Å². The molecule has 2 aromatic rings. The average molecular weight is 205 g/mol. The van der Waals surface area contributed by atoms with Crippen molar-refractivity contribution in [1.82, 2.24) is 4.57 Å². The molecular weight excluding hydrogens is 190 g/mol. The SMILES string of the molecule is CCOCc1cc2cc(O)ccc2n1C. The molecule has 0 atom stereocenters. The Morgan fingerprint density at radius 3 is 2.87 bits per heavy atom. The summed E-state index contributed by atoms with van der Waals surface area (Å²) in [7, 11) is 2.01. The maximum Gasteiger partial charge on any atom is 0.116 e. The van der Waals surface area contributed by atoms with Crippen molar-refractivity contribution in [2.24, 2.45) is 7.05 Å². The third kappa shape index (κ3) is 1.83. The number of aryl methyl sites for hydroxylation is 1. The van der Waals surface area contributed by atoms with Crippen LogP contribution in [0.4, 0.5) is 0 Å². The van der Waals surface area contributed by atoms with Gasteiger partial charge in [-0.05, 0) is 31.2 Å². The van der Waals surface area contributed by atoms with E-state index in [0.717, 1.165) is 16.6 Å². The first-order valence-corrected chi connectivity index (χ1v) is 5.07. The number of hydrogen-bond donors (Lipinski definition) is 1. The topological polar surface area (TPSA) is 34.4 Å². The van der Waals surface area contributed by atoms with Crippen molar-refractivity contribution in [3.05, 3.63) is 30.0 Å². The lowest BCUT2D eigenvalue weighted by Gasteiger charge is -2.03. The molecule has 1 heterocycles. The van der Waals surface area contributed by atoms with E-state index in [1.165, 1.54) is 0 Å². The van der Waals surface area contributed by atoms with E-state index in [1.807, 2.05) is 26.1 Å². The number of rotatable bonds is 3. The van der Waals surface area contributed by atoms with E-state index in [9.17, 15) is 5.11 Å². The van der Waals surface area contributed by atoms with Crippen LogP contribution in [0.1, 0.15) is 12.6 Å². The lowest BCUT2D eigenvalue weighted by Crippen LogP contribution is -1.98. The Morgan fingerprint density at radius 2 is 2.13 bits per heavy atom. The molecule has 3 heteroatoms. The molecule has 0 aliphatic rings. The van der Waals surface area contributed by atoms with Gasteiger partial charge in [-0.3, -0.25) is 0 Å². The van der Waals surface area contributed by atoms with E-state index in [2.05, 4.69) is 4.57 Å². The molecule has 1 N–H and O–H groups in total. The molecule has 1 aromatic carbocycles. The summed E-state index contributed by atoms with van der Waals surface area (Å²) in [6.07, 6.45) is 0. The number of ether oxygens (including phenoxy) is 1. The van der Waals surface area contributed by atoms with Gasteiger partial charge in [0.25, 0.3) is 0 Å².